The van der Waals surface area contributed by atoms with Gasteiger partial charge in [0, 0.05) is 5.39 Å². The van der Waals surface area contributed by atoms with E-state index in [1.54, 1.807) is 7.11 Å². The molecule has 19 heavy (non-hydrogen) atoms. The highest BCUT2D eigenvalue weighted by Crippen LogP contribution is 2.34. The number of ether oxygens (including phenoxy) is 1. The molecule has 0 aliphatic heterocycles. The fourth-order valence-electron chi connectivity index (χ4n) is 2.51. The highest BCUT2D eigenvalue weighted by atomic mass is 16.5. The molecule has 0 radical (unpaired) electrons. The molecule has 0 aromatic heterocycles. The van der Waals surface area contributed by atoms with Crippen molar-refractivity contribution in [3.63, 3.8) is 0 Å². The Morgan fingerprint density at radius 2 is 1.58 bits per heavy atom. The van der Waals surface area contributed by atoms with Crippen molar-refractivity contribution in [1.29, 1.82) is 0 Å². The van der Waals surface area contributed by atoms with E-state index in [9.17, 15) is 0 Å². The van der Waals surface area contributed by atoms with Crippen molar-refractivity contribution in [3.05, 3.63) is 66.2 Å². The summed E-state index contributed by atoms with van der Waals surface area (Å²) in [5.74, 6) is 0.923. The van der Waals surface area contributed by atoms with Gasteiger partial charge in [0.15, 0.2) is 0 Å². The fourth-order valence-corrected chi connectivity index (χ4v) is 2.51. The number of rotatable bonds is 2. The Kier molecular flexibility index (Phi) is 2.96. The second-order valence-corrected chi connectivity index (χ2v) is 4.73. The summed E-state index contributed by atoms with van der Waals surface area (Å²) in [6, 6.07) is 21.1. The molecule has 3 aromatic carbocycles. The van der Waals surface area contributed by atoms with E-state index in [0.717, 1.165) is 11.1 Å². The van der Waals surface area contributed by atoms with Gasteiger partial charge in [-0.15, -0.1) is 0 Å². The van der Waals surface area contributed by atoms with Gasteiger partial charge in [0.25, 0.3) is 0 Å². The molecule has 0 aliphatic rings. The first-order valence-electron chi connectivity index (χ1n) is 6.42. The fraction of sp³-hybridized carbons (Fsp3) is 0.111. The van der Waals surface area contributed by atoms with Crippen molar-refractivity contribution in [2.75, 3.05) is 7.11 Å². The molecule has 0 heterocycles. The highest BCUT2D eigenvalue weighted by molar-refractivity contribution is 6.00. The van der Waals surface area contributed by atoms with Crippen LogP contribution in [0.15, 0.2) is 60.7 Å². The minimum absolute atomic E-state index is 0.923. The van der Waals surface area contributed by atoms with E-state index in [1.807, 2.05) is 12.1 Å². The Balaban J connectivity index is 2.31. The Bertz CT molecular complexity index is 729. The molecular weight excluding hydrogens is 232 g/mol. The van der Waals surface area contributed by atoms with Gasteiger partial charge in [-0.05, 0) is 29.5 Å². The second-order valence-electron chi connectivity index (χ2n) is 4.73. The number of aryl methyl sites for hydroxylation is 1. The van der Waals surface area contributed by atoms with Crippen molar-refractivity contribution < 1.29 is 4.74 Å². The number of benzene rings is 3. The summed E-state index contributed by atoms with van der Waals surface area (Å²) >= 11 is 0. The van der Waals surface area contributed by atoms with Crippen molar-refractivity contribution in [2.45, 2.75) is 6.92 Å². The molecule has 0 aliphatic carbocycles. The third kappa shape index (κ3) is 2.08. The van der Waals surface area contributed by atoms with E-state index in [-0.39, 0.29) is 0 Å². The molecule has 3 aromatic rings. The van der Waals surface area contributed by atoms with Crippen LogP contribution in [0, 0.1) is 6.92 Å². The summed E-state index contributed by atoms with van der Waals surface area (Å²) in [5, 5.41) is 2.39. The molecular formula is C18H16O. The number of hydrogen-bond acceptors (Lipinski definition) is 1. The topological polar surface area (TPSA) is 9.23 Å². The Hall–Kier alpha value is -2.28. The molecule has 1 heteroatoms. The van der Waals surface area contributed by atoms with Crippen LogP contribution in [0.1, 0.15) is 5.56 Å². The van der Waals surface area contributed by atoms with Gasteiger partial charge >= 0.3 is 0 Å². The Labute approximate surface area is 113 Å². The van der Waals surface area contributed by atoms with E-state index >= 15 is 0 Å². The lowest BCUT2D eigenvalue weighted by molar-refractivity contribution is 0.420. The molecule has 0 N–H and O–H groups in total. The van der Waals surface area contributed by atoms with Crippen molar-refractivity contribution in [3.8, 4) is 16.9 Å². The summed E-state index contributed by atoms with van der Waals surface area (Å²) < 4.78 is 5.44. The minimum Gasteiger partial charge on any atom is -0.496 e. The molecule has 0 atom stereocenters. The zero-order valence-corrected chi connectivity index (χ0v) is 11.2. The van der Waals surface area contributed by atoms with Gasteiger partial charge in [-0.1, -0.05) is 60.2 Å². The van der Waals surface area contributed by atoms with Gasteiger partial charge in [-0.3, -0.25) is 0 Å². The third-order valence-corrected chi connectivity index (χ3v) is 3.43. The van der Waals surface area contributed by atoms with Crippen molar-refractivity contribution in [1.82, 2.24) is 0 Å². The highest BCUT2D eigenvalue weighted by Gasteiger charge is 2.07. The van der Waals surface area contributed by atoms with Crippen molar-refractivity contribution >= 4 is 10.8 Å². The van der Waals surface area contributed by atoms with Gasteiger partial charge in [0.05, 0.1) is 7.11 Å². The molecule has 0 unspecified atom stereocenters. The lowest BCUT2D eigenvalue weighted by Gasteiger charge is -2.11. The van der Waals surface area contributed by atoms with Gasteiger partial charge in [-0.2, -0.15) is 0 Å². The van der Waals surface area contributed by atoms with Crippen LogP contribution in [0.5, 0.6) is 5.75 Å². The van der Waals surface area contributed by atoms with Gasteiger partial charge in [-0.25, -0.2) is 0 Å². The van der Waals surface area contributed by atoms with E-state index in [4.69, 9.17) is 4.74 Å². The van der Waals surface area contributed by atoms with Crippen LogP contribution in [0.3, 0.4) is 0 Å². The predicted octanol–water partition coefficient (Wildman–Crippen LogP) is 4.82. The zero-order chi connectivity index (χ0) is 13.2. The molecule has 0 fully saturated rings. The van der Waals surface area contributed by atoms with Gasteiger partial charge < -0.3 is 4.74 Å². The molecule has 94 valence electrons. The average molecular weight is 248 g/mol. The van der Waals surface area contributed by atoms with Crippen LogP contribution in [-0.4, -0.2) is 7.11 Å². The summed E-state index contributed by atoms with van der Waals surface area (Å²) in [5.41, 5.74) is 3.77. The minimum atomic E-state index is 0.923. The average Bonchev–Trinajstić information content (AvgIpc) is 2.46. The normalized spacial score (nSPS) is 10.6. The zero-order valence-electron chi connectivity index (χ0n) is 11.2. The molecule has 0 bridgehead atoms. The molecule has 0 saturated carbocycles. The van der Waals surface area contributed by atoms with Crippen LogP contribution in [-0.2, 0) is 0 Å². The first kappa shape index (κ1) is 11.8. The molecule has 0 saturated heterocycles. The van der Waals surface area contributed by atoms with Crippen LogP contribution in [0.4, 0.5) is 0 Å². The van der Waals surface area contributed by atoms with Crippen LogP contribution >= 0.6 is 0 Å². The van der Waals surface area contributed by atoms with E-state index in [1.165, 1.54) is 22.1 Å². The first-order valence-corrected chi connectivity index (χ1v) is 6.42. The van der Waals surface area contributed by atoms with Crippen LogP contribution < -0.4 is 4.74 Å². The Morgan fingerprint density at radius 1 is 0.789 bits per heavy atom. The smallest absolute Gasteiger partial charge is 0.126 e. The lowest BCUT2D eigenvalue weighted by atomic mass is 9.97. The quantitative estimate of drug-likeness (QED) is 0.631. The summed E-state index contributed by atoms with van der Waals surface area (Å²) in [6.45, 7) is 2.12. The monoisotopic (exact) mass is 248 g/mol. The standard InChI is InChI=1S/C18H16O/c1-13-6-5-7-14(12-13)15-10-11-18(19-2)17-9-4-3-8-16(15)17/h3-12H,1-2H3. The van der Waals surface area contributed by atoms with Gasteiger partial charge in [0.2, 0.25) is 0 Å². The molecule has 0 amide bonds. The summed E-state index contributed by atoms with van der Waals surface area (Å²) in [6.07, 6.45) is 0. The van der Waals surface area contributed by atoms with E-state index < -0.39 is 0 Å². The van der Waals surface area contributed by atoms with E-state index in [0.29, 0.717) is 0 Å². The maximum Gasteiger partial charge on any atom is 0.126 e. The molecule has 0 spiro atoms. The Morgan fingerprint density at radius 3 is 2.32 bits per heavy atom. The maximum atomic E-state index is 5.44. The summed E-state index contributed by atoms with van der Waals surface area (Å²) in [4.78, 5) is 0. The third-order valence-electron chi connectivity index (χ3n) is 3.43. The molecule has 1 nitrogen and oxygen atoms in total. The molecule has 3 rings (SSSR count). The van der Waals surface area contributed by atoms with Crippen molar-refractivity contribution in [2.24, 2.45) is 0 Å². The largest absolute Gasteiger partial charge is 0.496 e. The van der Waals surface area contributed by atoms with Crippen LogP contribution in [0.25, 0.3) is 21.9 Å². The lowest BCUT2D eigenvalue weighted by Crippen LogP contribution is -1.87. The van der Waals surface area contributed by atoms with Gasteiger partial charge in [0.1, 0.15) is 5.75 Å². The number of hydrogen-bond donors (Lipinski definition) is 0. The maximum absolute atomic E-state index is 5.44. The number of fused-ring (bicyclic) bond motifs is 1. The summed E-state index contributed by atoms with van der Waals surface area (Å²) in [7, 11) is 1.72. The van der Waals surface area contributed by atoms with E-state index in [2.05, 4.69) is 55.5 Å². The first-order chi connectivity index (χ1) is 9.29. The number of methoxy groups -OCH3 is 1. The van der Waals surface area contributed by atoms with Crippen LogP contribution in [0.2, 0.25) is 0 Å². The predicted molar refractivity (Wildman–Crippen MR) is 80.7 cm³/mol. The SMILES string of the molecule is COc1ccc(-c2cccc(C)c2)c2ccccc12. The second kappa shape index (κ2) is 4.77.